The average Bonchev–Trinajstić information content (AvgIpc) is 2.34. The number of hydrogen-bond donors (Lipinski definition) is 1. The van der Waals surface area contributed by atoms with Crippen LogP contribution in [-0.2, 0) is 4.74 Å². The molecule has 0 unspecified atom stereocenters. The van der Waals surface area contributed by atoms with Gasteiger partial charge in [-0.15, -0.1) is 0 Å². The fourth-order valence-electron chi connectivity index (χ4n) is 1.16. The first kappa shape index (κ1) is 8.33. The number of aliphatic hydroxyl groups excluding tert-OH is 1. The van der Waals surface area contributed by atoms with Crippen LogP contribution in [0.15, 0.2) is 0 Å². The quantitative estimate of drug-likeness (QED) is 0.640. The van der Waals surface area contributed by atoms with Crippen molar-refractivity contribution in [1.82, 2.24) is 4.90 Å². The Bertz CT molecular complexity index is 149. The van der Waals surface area contributed by atoms with Gasteiger partial charge in [0.2, 0.25) is 0 Å². The summed E-state index contributed by atoms with van der Waals surface area (Å²) in [6.07, 6.45) is 0.594. The highest BCUT2D eigenvalue weighted by Crippen LogP contribution is 2.11. The lowest BCUT2D eigenvalue weighted by atomic mass is 10.3. The standard InChI is InChI=1S/C7H13NO3/c1-2-3-8-6(4-9)5-11-7(8)10/h6,9H,2-5H2,1H3/t6-/m0/s1. The van der Waals surface area contributed by atoms with E-state index in [1.165, 1.54) is 0 Å². The van der Waals surface area contributed by atoms with Gasteiger partial charge in [0.1, 0.15) is 6.61 Å². The largest absolute Gasteiger partial charge is 0.447 e. The number of carbonyl (C=O) groups excluding carboxylic acids is 1. The van der Waals surface area contributed by atoms with Crippen molar-refractivity contribution in [2.45, 2.75) is 19.4 Å². The molecule has 0 radical (unpaired) electrons. The second-order valence-electron chi connectivity index (χ2n) is 2.61. The fourth-order valence-corrected chi connectivity index (χ4v) is 1.16. The molecule has 1 rings (SSSR count). The average molecular weight is 159 g/mol. The summed E-state index contributed by atoms with van der Waals surface area (Å²) in [7, 11) is 0. The lowest BCUT2D eigenvalue weighted by molar-refractivity contribution is 0.153. The monoisotopic (exact) mass is 159 g/mol. The predicted octanol–water partition coefficient (Wildman–Crippen LogP) is 0.209. The molecule has 0 spiro atoms. The van der Waals surface area contributed by atoms with Crippen molar-refractivity contribution >= 4 is 6.09 Å². The molecule has 0 saturated carbocycles. The molecule has 1 amide bonds. The molecular formula is C7H13NO3. The molecular weight excluding hydrogens is 146 g/mol. The van der Waals surface area contributed by atoms with Crippen LogP contribution in [0.5, 0.6) is 0 Å². The zero-order chi connectivity index (χ0) is 8.27. The molecule has 1 N–H and O–H groups in total. The summed E-state index contributed by atoms with van der Waals surface area (Å²) in [6, 6.07) is -0.123. The molecule has 0 bridgehead atoms. The Balaban J connectivity index is 2.49. The molecule has 1 saturated heterocycles. The van der Waals surface area contributed by atoms with Gasteiger partial charge in [0.05, 0.1) is 12.6 Å². The number of ether oxygens (including phenoxy) is 1. The summed E-state index contributed by atoms with van der Waals surface area (Å²) in [4.78, 5) is 12.5. The normalized spacial score (nSPS) is 24.0. The second kappa shape index (κ2) is 3.57. The minimum atomic E-state index is -0.300. The zero-order valence-electron chi connectivity index (χ0n) is 6.62. The Morgan fingerprint density at radius 2 is 2.55 bits per heavy atom. The highest BCUT2D eigenvalue weighted by atomic mass is 16.6. The van der Waals surface area contributed by atoms with E-state index in [0.717, 1.165) is 6.42 Å². The van der Waals surface area contributed by atoms with Gasteiger partial charge in [-0.05, 0) is 6.42 Å². The third kappa shape index (κ3) is 1.63. The third-order valence-electron chi connectivity index (χ3n) is 1.75. The third-order valence-corrected chi connectivity index (χ3v) is 1.75. The lowest BCUT2D eigenvalue weighted by Crippen LogP contribution is -2.36. The van der Waals surface area contributed by atoms with Crippen molar-refractivity contribution in [3.8, 4) is 0 Å². The first-order valence-corrected chi connectivity index (χ1v) is 3.83. The molecule has 4 heteroatoms. The zero-order valence-corrected chi connectivity index (χ0v) is 6.62. The van der Waals surface area contributed by atoms with Gasteiger partial charge in [-0.3, -0.25) is 4.90 Å². The van der Waals surface area contributed by atoms with Crippen molar-refractivity contribution in [1.29, 1.82) is 0 Å². The Hall–Kier alpha value is -0.770. The molecule has 1 aliphatic rings. The lowest BCUT2D eigenvalue weighted by Gasteiger charge is -2.17. The number of hydrogen-bond acceptors (Lipinski definition) is 3. The van der Waals surface area contributed by atoms with Crippen LogP contribution in [-0.4, -0.2) is 41.9 Å². The van der Waals surface area contributed by atoms with E-state index < -0.39 is 0 Å². The molecule has 1 aliphatic heterocycles. The van der Waals surface area contributed by atoms with Crippen LogP contribution in [0.4, 0.5) is 4.79 Å². The minimum absolute atomic E-state index is 0.00819. The molecule has 64 valence electrons. The molecule has 4 nitrogen and oxygen atoms in total. The van der Waals surface area contributed by atoms with Crippen LogP contribution in [0.1, 0.15) is 13.3 Å². The van der Waals surface area contributed by atoms with Gasteiger partial charge >= 0.3 is 6.09 Å². The number of rotatable bonds is 3. The van der Waals surface area contributed by atoms with Gasteiger partial charge in [-0.1, -0.05) is 6.92 Å². The van der Waals surface area contributed by atoms with E-state index in [4.69, 9.17) is 9.84 Å². The minimum Gasteiger partial charge on any atom is -0.447 e. The number of amides is 1. The highest BCUT2D eigenvalue weighted by molar-refractivity contribution is 5.70. The second-order valence-corrected chi connectivity index (χ2v) is 2.61. The van der Waals surface area contributed by atoms with E-state index in [0.29, 0.717) is 13.2 Å². The van der Waals surface area contributed by atoms with Crippen LogP contribution >= 0.6 is 0 Å². The van der Waals surface area contributed by atoms with E-state index >= 15 is 0 Å². The molecule has 0 aromatic rings. The smallest absolute Gasteiger partial charge is 0.410 e. The van der Waals surface area contributed by atoms with Crippen LogP contribution in [0.2, 0.25) is 0 Å². The Morgan fingerprint density at radius 1 is 1.82 bits per heavy atom. The predicted molar refractivity (Wildman–Crippen MR) is 39.2 cm³/mol. The van der Waals surface area contributed by atoms with Gasteiger partial charge in [0.15, 0.2) is 0 Å². The summed E-state index contributed by atoms with van der Waals surface area (Å²) >= 11 is 0. The first-order chi connectivity index (χ1) is 5.29. The highest BCUT2D eigenvalue weighted by Gasteiger charge is 2.31. The van der Waals surface area contributed by atoms with Crippen molar-refractivity contribution < 1.29 is 14.6 Å². The summed E-state index contributed by atoms with van der Waals surface area (Å²) in [5, 5.41) is 8.81. The summed E-state index contributed by atoms with van der Waals surface area (Å²) in [5.74, 6) is 0. The van der Waals surface area contributed by atoms with E-state index in [1.807, 2.05) is 6.92 Å². The van der Waals surface area contributed by atoms with Gasteiger partial charge in [-0.2, -0.15) is 0 Å². The molecule has 1 atom stereocenters. The molecule has 11 heavy (non-hydrogen) atoms. The number of cyclic esters (lactones) is 1. The summed E-state index contributed by atoms with van der Waals surface area (Å²) < 4.78 is 4.75. The summed E-state index contributed by atoms with van der Waals surface area (Å²) in [6.45, 7) is 2.98. The maximum atomic E-state index is 10.9. The topological polar surface area (TPSA) is 49.8 Å². The van der Waals surface area contributed by atoms with Crippen LogP contribution in [0.25, 0.3) is 0 Å². The molecule has 0 aromatic heterocycles. The number of nitrogens with zero attached hydrogens (tertiary/aromatic N) is 1. The molecule has 0 aromatic carbocycles. The van der Waals surface area contributed by atoms with Gasteiger partial charge < -0.3 is 9.84 Å². The Morgan fingerprint density at radius 3 is 3.09 bits per heavy atom. The Labute approximate surface area is 65.8 Å². The van der Waals surface area contributed by atoms with Crippen molar-refractivity contribution in [3.63, 3.8) is 0 Å². The maximum absolute atomic E-state index is 10.9. The van der Waals surface area contributed by atoms with Crippen LogP contribution in [0.3, 0.4) is 0 Å². The van der Waals surface area contributed by atoms with E-state index in [-0.39, 0.29) is 18.7 Å². The van der Waals surface area contributed by atoms with Crippen molar-refractivity contribution in [2.24, 2.45) is 0 Å². The SMILES string of the molecule is CCCN1C(=O)OC[C@@H]1CO. The van der Waals surface area contributed by atoms with Gasteiger partial charge in [-0.25, -0.2) is 4.79 Å². The Kier molecular flexibility index (Phi) is 2.70. The van der Waals surface area contributed by atoms with Crippen molar-refractivity contribution in [2.75, 3.05) is 19.8 Å². The summed E-state index contributed by atoms with van der Waals surface area (Å²) in [5.41, 5.74) is 0. The maximum Gasteiger partial charge on any atom is 0.410 e. The van der Waals surface area contributed by atoms with E-state index in [9.17, 15) is 4.79 Å². The van der Waals surface area contributed by atoms with E-state index in [2.05, 4.69) is 0 Å². The van der Waals surface area contributed by atoms with Crippen molar-refractivity contribution in [3.05, 3.63) is 0 Å². The van der Waals surface area contributed by atoms with Gasteiger partial charge in [0.25, 0.3) is 0 Å². The number of aliphatic hydroxyl groups is 1. The van der Waals surface area contributed by atoms with Crippen LogP contribution < -0.4 is 0 Å². The van der Waals surface area contributed by atoms with Gasteiger partial charge in [0, 0.05) is 6.54 Å². The van der Waals surface area contributed by atoms with Crippen LogP contribution in [0, 0.1) is 0 Å². The molecule has 1 fully saturated rings. The van der Waals surface area contributed by atoms with E-state index in [1.54, 1.807) is 4.90 Å². The fraction of sp³-hybridized carbons (Fsp3) is 0.857. The molecule has 0 aliphatic carbocycles. The number of carbonyl (C=O) groups is 1. The first-order valence-electron chi connectivity index (χ1n) is 3.83. The molecule has 1 heterocycles.